The fourth-order valence-corrected chi connectivity index (χ4v) is 3.17. The van der Waals surface area contributed by atoms with Crippen LogP contribution in [0, 0.1) is 0 Å². The van der Waals surface area contributed by atoms with Crippen molar-refractivity contribution >= 4 is 44.8 Å². The second kappa shape index (κ2) is 5.56. The lowest BCUT2D eigenvalue weighted by Gasteiger charge is -1.97. The molecule has 0 aliphatic heterocycles. The van der Waals surface area contributed by atoms with Gasteiger partial charge in [0.25, 0.3) is 0 Å². The van der Waals surface area contributed by atoms with Crippen LogP contribution < -0.4 is 0 Å². The van der Waals surface area contributed by atoms with Crippen molar-refractivity contribution < 1.29 is 4.79 Å². The summed E-state index contributed by atoms with van der Waals surface area (Å²) in [6.07, 6.45) is 3.15. The van der Waals surface area contributed by atoms with Gasteiger partial charge in [0.2, 0.25) is 0 Å². The van der Waals surface area contributed by atoms with Gasteiger partial charge in [-0.05, 0) is 34.1 Å². The molecule has 0 fully saturated rings. The Hall–Kier alpha value is -0.720. The highest BCUT2D eigenvalue weighted by Crippen LogP contribution is 2.24. The van der Waals surface area contributed by atoms with E-state index >= 15 is 0 Å². The summed E-state index contributed by atoms with van der Waals surface area (Å²) >= 11 is 6.21. The molecule has 2 rings (SSSR count). The maximum absolute atomic E-state index is 11.8. The van der Waals surface area contributed by atoms with Crippen molar-refractivity contribution in [2.24, 2.45) is 0 Å². The minimum absolute atomic E-state index is 0.124. The number of ketones is 1. The number of carbonyl (C=O) groups excluding carboxylic acids is 1. The molecular formula is C10H7BrN2OS2. The Labute approximate surface area is 109 Å². The summed E-state index contributed by atoms with van der Waals surface area (Å²) in [5, 5.41) is 0.818. The van der Waals surface area contributed by atoms with Gasteiger partial charge in [-0.2, -0.15) is 0 Å². The lowest BCUT2D eigenvalue weighted by molar-refractivity contribution is 0.102. The van der Waals surface area contributed by atoms with Gasteiger partial charge in [0.05, 0.1) is 19.4 Å². The van der Waals surface area contributed by atoms with Gasteiger partial charge >= 0.3 is 0 Å². The van der Waals surface area contributed by atoms with E-state index in [-0.39, 0.29) is 5.78 Å². The van der Waals surface area contributed by atoms with Crippen LogP contribution in [0.15, 0.2) is 39.5 Å². The number of aromatic nitrogens is 2. The molecule has 2 aromatic heterocycles. The normalized spacial score (nSPS) is 10.3. The van der Waals surface area contributed by atoms with E-state index in [2.05, 4.69) is 25.9 Å². The van der Waals surface area contributed by atoms with Gasteiger partial charge in [0.1, 0.15) is 6.33 Å². The van der Waals surface area contributed by atoms with Crippen LogP contribution >= 0.6 is 39.0 Å². The number of rotatable bonds is 4. The van der Waals surface area contributed by atoms with Crippen LogP contribution in [0.3, 0.4) is 0 Å². The van der Waals surface area contributed by atoms with Crippen molar-refractivity contribution in [3.05, 3.63) is 39.4 Å². The van der Waals surface area contributed by atoms with Gasteiger partial charge in [-0.15, -0.1) is 11.3 Å². The lowest BCUT2D eigenvalue weighted by atomic mass is 10.4. The fraction of sp³-hybridized carbons (Fsp3) is 0.100. The van der Waals surface area contributed by atoms with Crippen LogP contribution in [0.25, 0.3) is 0 Å². The lowest BCUT2D eigenvalue weighted by Crippen LogP contribution is -1.99. The molecule has 0 saturated heterocycles. The standard InChI is InChI=1S/C10H7BrN2OS2/c11-9-2-1-8(16-9)7(14)5-15-10-3-4-12-6-13-10/h1-4,6H,5H2. The van der Waals surface area contributed by atoms with E-state index in [9.17, 15) is 4.79 Å². The molecule has 0 bridgehead atoms. The molecule has 82 valence electrons. The highest BCUT2D eigenvalue weighted by atomic mass is 79.9. The quantitative estimate of drug-likeness (QED) is 0.493. The van der Waals surface area contributed by atoms with E-state index < -0.39 is 0 Å². The number of carbonyl (C=O) groups is 1. The van der Waals surface area contributed by atoms with Gasteiger partial charge in [0.15, 0.2) is 5.78 Å². The van der Waals surface area contributed by atoms with Gasteiger partial charge in [0, 0.05) is 6.20 Å². The Kier molecular flexibility index (Phi) is 4.09. The van der Waals surface area contributed by atoms with Gasteiger partial charge in [-0.25, -0.2) is 9.97 Å². The topological polar surface area (TPSA) is 42.9 Å². The molecule has 3 nitrogen and oxygen atoms in total. The average molecular weight is 315 g/mol. The summed E-state index contributed by atoms with van der Waals surface area (Å²) in [6.45, 7) is 0. The highest BCUT2D eigenvalue weighted by Gasteiger charge is 2.09. The monoisotopic (exact) mass is 314 g/mol. The van der Waals surface area contributed by atoms with E-state index in [0.29, 0.717) is 5.75 Å². The average Bonchev–Trinajstić information content (AvgIpc) is 2.74. The SMILES string of the molecule is O=C(CSc1ccncn1)c1ccc(Br)s1. The fourth-order valence-electron chi connectivity index (χ4n) is 1.04. The zero-order valence-corrected chi connectivity index (χ0v) is 11.3. The highest BCUT2D eigenvalue weighted by molar-refractivity contribution is 9.11. The predicted molar refractivity (Wildman–Crippen MR) is 69.1 cm³/mol. The molecule has 0 aromatic carbocycles. The molecule has 0 unspecified atom stereocenters. The number of Topliss-reactive ketones (excluding diaryl/α,β-unsaturated/α-hetero) is 1. The number of hydrogen-bond donors (Lipinski definition) is 0. The number of halogens is 1. The molecule has 0 saturated carbocycles. The first-order valence-corrected chi connectivity index (χ1v) is 7.02. The maximum atomic E-state index is 11.8. The second-order valence-corrected chi connectivity index (χ2v) is 6.32. The molecule has 0 aliphatic rings. The van der Waals surface area contributed by atoms with E-state index in [1.807, 2.05) is 12.1 Å². The second-order valence-electron chi connectivity index (χ2n) is 2.86. The van der Waals surface area contributed by atoms with Crippen molar-refractivity contribution in [2.45, 2.75) is 5.03 Å². The van der Waals surface area contributed by atoms with Crippen molar-refractivity contribution in [1.29, 1.82) is 0 Å². The van der Waals surface area contributed by atoms with E-state index in [1.165, 1.54) is 29.4 Å². The summed E-state index contributed by atoms with van der Waals surface area (Å²) in [5.41, 5.74) is 0. The van der Waals surface area contributed by atoms with Crippen LogP contribution in [0.2, 0.25) is 0 Å². The number of thiophene rings is 1. The van der Waals surface area contributed by atoms with Crippen molar-refractivity contribution in [1.82, 2.24) is 9.97 Å². The molecule has 0 N–H and O–H groups in total. The number of hydrogen-bond acceptors (Lipinski definition) is 5. The first-order chi connectivity index (χ1) is 7.75. The van der Waals surface area contributed by atoms with Crippen molar-refractivity contribution in [3.8, 4) is 0 Å². The predicted octanol–water partition coefficient (Wildman–Crippen LogP) is 3.28. The zero-order chi connectivity index (χ0) is 11.4. The van der Waals surface area contributed by atoms with Crippen molar-refractivity contribution in [2.75, 3.05) is 5.75 Å². The van der Waals surface area contributed by atoms with E-state index in [4.69, 9.17) is 0 Å². The van der Waals surface area contributed by atoms with Gasteiger partial charge < -0.3 is 0 Å². The Morgan fingerprint density at radius 3 is 2.94 bits per heavy atom. The third-order valence-electron chi connectivity index (χ3n) is 1.75. The van der Waals surface area contributed by atoms with E-state index in [0.717, 1.165) is 13.7 Å². The molecule has 16 heavy (non-hydrogen) atoms. The molecule has 2 heterocycles. The molecular weight excluding hydrogens is 308 g/mol. The Morgan fingerprint density at radius 2 is 2.31 bits per heavy atom. The third-order valence-corrected chi connectivity index (χ3v) is 4.36. The third kappa shape index (κ3) is 3.13. The molecule has 0 radical (unpaired) electrons. The first kappa shape index (κ1) is 11.8. The Morgan fingerprint density at radius 1 is 1.44 bits per heavy atom. The minimum Gasteiger partial charge on any atom is -0.292 e. The van der Waals surface area contributed by atoms with E-state index in [1.54, 1.807) is 12.3 Å². The Balaban J connectivity index is 1.94. The minimum atomic E-state index is 0.124. The Bertz CT molecular complexity index is 487. The summed E-state index contributed by atoms with van der Waals surface area (Å²) in [4.78, 5) is 20.4. The van der Waals surface area contributed by atoms with Crippen LogP contribution in [-0.4, -0.2) is 21.5 Å². The largest absolute Gasteiger partial charge is 0.292 e. The summed E-state index contributed by atoms with van der Waals surface area (Å²) in [6, 6.07) is 5.51. The van der Waals surface area contributed by atoms with Crippen LogP contribution in [-0.2, 0) is 0 Å². The van der Waals surface area contributed by atoms with Crippen LogP contribution in [0.5, 0.6) is 0 Å². The summed E-state index contributed by atoms with van der Waals surface area (Å²) < 4.78 is 0.975. The smallest absolute Gasteiger partial charge is 0.183 e. The maximum Gasteiger partial charge on any atom is 0.183 e. The molecule has 2 aromatic rings. The van der Waals surface area contributed by atoms with Crippen LogP contribution in [0.1, 0.15) is 9.67 Å². The molecule has 0 atom stereocenters. The van der Waals surface area contributed by atoms with Crippen molar-refractivity contribution in [3.63, 3.8) is 0 Å². The van der Waals surface area contributed by atoms with Gasteiger partial charge in [-0.1, -0.05) is 11.8 Å². The van der Waals surface area contributed by atoms with Gasteiger partial charge in [-0.3, -0.25) is 4.79 Å². The summed E-state index contributed by atoms with van der Waals surface area (Å²) in [5.74, 6) is 0.531. The number of thioether (sulfide) groups is 1. The van der Waals surface area contributed by atoms with Crippen LogP contribution in [0.4, 0.5) is 0 Å². The summed E-state index contributed by atoms with van der Waals surface area (Å²) in [7, 11) is 0. The molecule has 0 spiro atoms. The molecule has 6 heteroatoms. The molecule has 0 amide bonds. The number of nitrogens with zero attached hydrogens (tertiary/aromatic N) is 2. The molecule has 0 aliphatic carbocycles. The zero-order valence-electron chi connectivity index (χ0n) is 8.09. The first-order valence-electron chi connectivity index (χ1n) is 4.43.